The molecule has 4 rings (SSSR count). The summed E-state index contributed by atoms with van der Waals surface area (Å²) in [6, 6.07) is 22.1. The first-order valence-electron chi connectivity index (χ1n) is 10.9. The van der Waals surface area contributed by atoms with Gasteiger partial charge in [0.15, 0.2) is 0 Å². The number of hydrogen-bond donors (Lipinski definition) is 0. The molecule has 4 aromatic rings. The first-order valence-corrected chi connectivity index (χ1v) is 11.7. The van der Waals surface area contributed by atoms with Crippen molar-refractivity contribution in [2.75, 3.05) is 13.7 Å². The highest BCUT2D eigenvalue weighted by molar-refractivity contribution is 7.16. The molecule has 35 heavy (non-hydrogen) atoms. The Morgan fingerprint density at radius 3 is 2.43 bits per heavy atom. The van der Waals surface area contributed by atoms with Gasteiger partial charge in [0.1, 0.15) is 37.0 Å². The molecule has 1 atom stereocenters. The Bertz CT molecular complexity index is 1390. The number of benzene rings is 3. The van der Waals surface area contributed by atoms with Crippen molar-refractivity contribution in [3.05, 3.63) is 93.6 Å². The summed E-state index contributed by atoms with van der Waals surface area (Å²) in [7, 11) is 1.50. The van der Waals surface area contributed by atoms with Crippen LogP contribution in [0.5, 0.6) is 11.5 Å². The van der Waals surface area contributed by atoms with Crippen LogP contribution in [0.1, 0.15) is 18.1 Å². The number of hydrogen-bond acceptors (Lipinski definition) is 8. The number of ether oxygens (including phenoxy) is 2. The largest absolute Gasteiger partial charge is 0.546 e. The Kier molecular flexibility index (Phi) is 7.47. The van der Waals surface area contributed by atoms with Crippen LogP contribution in [0.2, 0.25) is 0 Å². The van der Waals surface area contributed by atoms with E-state index in [9.17, 15) is 14.7 Å². The van der Waals surface area contributed by atoms with E-state index in [1.165, 1.54) is 25.4 Å². The van der Waals surface area contributed by atoms with Crippen LogP contribution in [-0.4, -0.2) is 36.1 Å². The zero-order chi connectivity index (χ0) is 24.8. The van der Waals surface area contributed by atoms with E-state index in [4.69, 9.17) is 14.3 Å². The predicted molar refractivity (Wildman–Crippen MR) is 132 cm³/mol. The number of thiazole rings is 1. The Labute approximate surface area is 205 Å². The van der Waals surface area contributed by atoms with Gasteiger partial charge < -0.3 is 24.2 Å². The highest BCUT2D eigenvalue weighted by atomic mass is 32.1. The summed E-state index contributed by atoms with van der Waals surface area (Å²) >= 11 is 1.17. The van der Waals surface area contributed by atoms with Gasteiger partial charge in [-0.3, -0.25) is 9.36 Å². The second-order valence-corrected chi connectivity index (χ2v) is 8.58. The number of oxime groups is 1. The van der Waals surface area contributed by atoms with Crippen molar-refractivity contribution in [1.82, 2.24) is 4.57 Å². The molecule has 180 valence electrons. The minimum absolute atomic E-state index is 0.0780. The van der Waals surface area contributed by atoms with Crippen LogP contribution in [-0.2, 0) is 16.2 Å². The van der Waals surface area contributed by atoms with Gasteiger partial charge in [-0.2, -0.15) is 0 Å². The lowest BCUT2D eigenvalue weighted by atomic mass is 10.0. The number of carbonyl (C=O) groups excluding carboxylic acids is 1. The summed E-state index contributed by atoms with van der Waals surface area (Å²) in [4.78, 5) is 28.4. The predicted octanol–water partition coefficient (Wildman–Crippen LogP) is 3.06. The average Bonchev–Trinajstić information content (AvgIpc) is 3.18. The van der Waals surface area contributed by atoms with Gasteiger partial charge in [0, 0.05) is 11.1 Å². The van der Waals surface area contributed by atoms with E-state index in [0.29, 0.717) is 23.8 Å². The lowest BCUT2D eigenvalue weighted by Gasteiger charge is -2.15. The first kappa shape index (κ1) is 24.0. The van der Waals surface area contributed by atoms with Crippen LogP contribution < -0.4 is 19.5 Å². The number of carboxylic acid groups (broad SMARTS) is 1. The van der Waals surface area contributed by atoms with Crippen molar-refractivity contribution in [3.63, 3.8) is 0 Å². The van der Waals surface area contributed by atoms with Crippen molar-refractivity contribution < 1.29 is 24.2 Å². The minimum Gasteiger partial charge on any atom is -0.546 e. The van der Waals surface area contributed by atoms with Crippen LogP contribution >= 0.6 is 11.3 Å². The van der Waals surface area contributed by atoms with Crippen LogP contribution in [0.3, 0.4) is 0 Å². The molecule has 0 amide bonds. The van der Waals surface area contributed by atoms with E-state index in [-0.39, 0.29) is 11.5 Å². The van der Waals surface area contributed by atoms with Crippen LogP contribution in [0, 0.1) is 0 Å². The van der Waals surface area contributed by atoms with E-state index in [1.807, 2.05) is 48.5 Å². The summed E-state index contributed by atoms with van der Waals surface area (Å²) < 4.78 is 13.5. The maximum absolute atomic E-state index is 12.7. The van der Waals surface area contributed by atoms with E-state index in [1.54, 1.807) is 28.8 Å². The van der Waals surface area contributed by atoms with Crippen LogP contribution in [0.15, 0.2) is 82.7 Å². The molecule has 0 aliphatic heterocycles. The third kappa shape index (κ3) is 5.70. The molecule has 0 aliphatic rings. The SMILES string of the molecule is CO/N=C(\c1ccccc1)c1ccc2c(c1)sc(=O)n2CCOc1ccc(OC(C)C(=O)[O-])cc1. The van der Waals surface area contributed by atoms with E-state index in [0.717, 1.165) is 21.3 Å². The molecule has 0 bridgehead atoms. The van der Waals surface area contributed by atoms with Gasteiger partial charge in [0.05, 0.1) is 22.7 Å². The molecule has 9 heteroatoms. The van der Waals surface area contributed by atoms with Crippen molar-refractivity contribution in [2.24, 2.45) is 5.16 Å². The van der Waals surface area contributed by atoms with Gasteiger partial charge in [-0.15, -0.1) is 0 Å². The maximum Gasteiger partial charge on any atom is 0.308 e. The fourth-order valence-electron chi connectivity index (χ4n) is 3.51. The van der Waals surface area contributed by atoms with E-state index < -0.39 is 12.1 Å². The molecule has 1 aromatic heterocycles. The summed E-state index contributed by atoms with van der Waals surface area (Å²) in [5, 5.41) is 15.0. The third-order valence-electron chi connectivity index (χ3n) is 5.22. The lowest BCUT2D eigenvalue weighted by Crippen LogP contribution is -2.37. The average molecular weight is 492 g/mol. The molecule has 1 heterocycles. The molecule has 1 unspecified atom stereocenters. The molecule has 3 aromatic carbocycles. The number of aromatic nitrogens is 1. The monoisotopic (exact) mass is 491 g/mol. The van der Waals surface area contributed by atoms with E-state index in [2.05, 4.69) is 5.16 Å². The number of fused-ring (bicyclic) bond motifs is 1. The number of carboxylic acids is 1. The van der Waals surface area contributed by atoms with Crippen molar-refractivity contribution >= 4 is 33.2 Å². The second kappa shape index (κ2) is 10.9. The fourth-order valence-corrected chi connectivity index (χ4v) is 4.46. The number of rotatable bonds is 10. The Morgan fingerprint density at radius 2 is 1.74 bits per heavy atom. The Balaban J connectivity index is 1.46. The fraction of sp³-hybridized carbons (Fsp3) is 0.192. The molecular weight excluding hydrogens is 468 g/mol. The maximum atomic E-state index is 12.7. The van der Waals surface area contributed by atoms with Crippen molar-refractivity contribution in [3.8, 4) is 11.5 Å². The highest BCUT2D eigenvalue weighted by Gasteiger charge is 2.13. The molecule has 0 saturated carbocycles. The number of nitrogens with zero attached hydrogens (tertiary/aromatic N) is 2. The van der Waals surface area contributed by atoms with Gasteiger partial charge in [-0.1, -0.05) is 52.9 Å². The second-order valence-electron chi connectivity index (χ2n) is 7.59. The van der Waals surface area contributed by atoms with Crippen molar-refractivity contribution in [2.45, 2.75) is 19.6 Å². The zero-order valence-electron chi connectivity index (χ0n) is 19.2. The molecular formula is C26H23N2O6S-. The third-order valence-corrected chi connectivity index (χ3v) is 6.17. The van der Waals surface area contributed by atoms with Gasteiger partial charge >= 0.3 is 4.87 Å². The lowest BCUT2D eigenvalue weighted by molar-refractivity contribution is -0.312. The van der Waals surface area contributed by atoms with E-state index >= 15 is 0 Å². The normalized spacial score (nSPS) is 12.3. The van der Waals surface area contributed by atoms with Crippen LogP contribution in [0.25, 0.3) is 10.2 Å². The van der Waals surface area contributed by atoms with Gasteiger partial charge in [-0.05, 0) is 43.3 Å². The topological polar surface area (TPSA) is 102 Å². The summed E-state index contributed by atoms with van der Waals surface area (Å²) in [5.41, 5.74) is 3.27. The van der Waals surface area contributed by atoms with Crippen LogP contribution in [0.4, 0.5) is 0 Å². The molecule has 0 fully saturated rings. The van der Waals surface area contributed by atoms with Gasteiger partial charge in [0.25, 0.3) is 0 Å². The Hall–Kier alpha value is -4.11. The minimum atomic E-state index is -1.28. The molecule has 0 saturated heterocycles. The molecule has 0 spiro atoms. The highest BCUT2D eigenvalue weighted by Crippen LogP contribution is 2.22. The molecule has 0 aliphatic carbocycles. The molecule has 0 N–H and O–H groups in total. The molecule has 0 radical (unpaired) electrons. The smallest absolute Gasteiger partial charge is 0.308 e. The van der Waals surface area contributed by atoms with Gasteiger partial charge in [-0.25, -0.2) is 0 Å². The zero-order valence-corrected chi connectivity index (χ0v) is 20.0. The first-order chi connectivity index (χ1) is 17.0. The summed E-state index contributed by atoms with van der Waals surface area (Å²) in [6.45, 7) is 2.05. The Morgan fingerprint density at radius 1 is 1.03 bits per heavy atom. The number of carbonyl (C=O) groups is 1. The number of aliphatic carboxylic acids is 1. The summed E-state index contributed by atoms with van der Waals surface area (Å²) in [5.74, 6) is -0.304. The van der Waals surface area contributed by atoms with Gasteiger partial charge in [0.2, 0.25) is 0 Å². The molecule has 8 nitrogen and oxygen atoms in total. The quantitative estimate of drug-likeness (QED) is 0.250. The standard InChI is InChI=1S/C26H24N2O6S/c1-17(25(29)30)34-21-11-9-20(10-12-21)33-15-14-28-22-13-8-19(16-23(22)35-26(28)31)24(27-32-2)18-6-4-3-5-7-18/h3-13,16-17H,14-15H2,1-2H3,(H,29,30)/p-1/b27-24+. The summed E-state index contributed by atoms with van der Waals surface area (Å²) in [6.07, 6.45) is -1.05. The van der Waals surface area contributed by atoms with Crippen molar-refractivity contribution in [1.29, 1.82) is 0 Å².